The van der Waals surface area contributed by atoms with Crippen LogP contribution in [0.1, 0.15) is 48.0 Å². The first-order valence-corrected chi connectivity index (χ1v) is 13.9. The van der Waals surface area contributed by atoms with Crippen LogP contribution in [-0.4, -0.2) is 55.6 Å². The van der Waals surface area contributed by atoms with Crippen molar-refractivity contribution in [1.29, 1.82) is 0 Å². The lowest BCUT2D eigenvalue weighted by atomic mass is 9.97. The molecule has 2 aromatic rings. The topological polar surface area (TPSA) is 86.8 Å². The fraction of sp³-hybridized carbons (Fsp3) is 0.478. The number of carbonyl (C=O) groups excluding carboxylic acids is 2. The van der Waals surface area contributed by atoms with Gasteiger partial charge in [0.1, 0.15) is 4.21 Å². The van der Waals surface area contributed by atoms with Crippen molar-refractivity contribution in [3.05, 3.63) is 45.8 Å². The Morgan fingerprint density at radius 2 is 1.79 bits per heavy atom. The number of nitrogens with one attached hydrogen (secondary N) is 1. The van der Waals surface area contributed by atoms with Crippen molar-refractivity contribution in [3.8, 4) is 0 Å². The molecule has 4 rings (SSSR count). The molecule has 2 aliphatic rings. The number of piperidine rings is 2. The Bertz CT molecular complexity index is 1130. The van der Waals surface area contributed by atoms with Gasteiger partial charge in [-0.3, -0.25) is 9.59 Å². The van der Waals surface area contributed by atoms with Crippen molar-refractivity contribution >= 4 is 50.5 Å². The molecule has 2 saturated heterocycles. The van der Waals surface area contributed by atoms with E-state index in [4.69, 9.17) is 11.6 Å². The molecule has 0 radical (unpaired) electrons. The standard InChI is InChI=1S/C23H28ClN3O4S2/c1-16-19(24)6-5-7-20(16)25-22(28)17-8-12-27(13-9-17)33(30,31)21-14-18(15-32-21)23(29)26-10-3-2-4-11-26/h5-7,14-15,17H,2-4,8-13H2,1H3,(H,25,28). The average molecular weight is 510 g/mol. The normalized spacial score (nSPS) is 18.3. The Balaban J connectivity index is 1.37. The van der Waals surface area contributed by atoms with Gasteiger partial charge < -0.3 is 10.2 Å². The number of nitrogens with zero attached hydrogens (tertiary/aromatic N) is 2. The van der Waals surface area contributed by atoms with Crippen LogP contribution >= 0.6 is 22.9 Å². The molecule has 0 unspecified atom stereocenters. The molecule has 0 atom stereocenters. The van der Waals surface area contributed by atoms with Gasteiger partial charge in [-0.15, -0.1) is 11.3 Å². The fourth-order valence-corrected chi connectivity index (χ4v) is 7.26. The summed E-state index contributed by atoms with van der Waals surface area (Å²) in [7, 11) is -3.69. The number of thiophene rings is 1. The van der Waals surface area contributed by atoms with Crippen LogP contribution in [0, 0.1) is 12.8 Å². The Kier molecular flexibility index (Phi) is 7.43. The molecule has 10 heteroatoms. The molecular weight excluding hydrogens is 482 g/mol. The molecule has 3 heterocycles. The van der Waals surface area contributed by atoms with Crippen LogP contribution in [0.3, 0.4) is 0 Å². The molecule has 0 saturated carbocycles. The van der Waals surface area contributed by atoms with E-state index >= 15 is 0 Å². The van der Waals surface area contributed by atoms with E-state index in [-0.39, 0.29) is 35.0 Å². The number of anilines is 1. The van der Waals surface area contributed by atoms with Gasteiger partial charge in [-0.05, 0) is 62.8 Å². The van der Waals surface area contributed by atoms with Crippen LogP contribution in [0.5, 0.6) is 0 Å². The maximum atomic E-state index is 13.1. The van der Waals surface area contributed by atoms with Gasteiger partial charge in [-0.2, -0.15) is 4.31 Å². The van der Waals surface area contributed by atoms with Gasteiger partial charge in [0, 0.05) is 48.2 Å². The van der Waals surface area contributed by atoms with Crippen molar-refractivity contribution in [1.82, 2.24) is 9.21 Å². The Morgan fingerprint density at radius 1 is 1.09 bits per heavy atom. The number of benzene rings is 1. The summed E-state index contributed by atoms with van der Waals surface area (Å²) in [6.45, 7) is 3.82. The zero-order valence-electron chi connectivity index (χ0n) is 18.5. The van der Waals surface area contributed by atoms with Crippen LogP contribution in [0.25, 0.3) is 0 Å². The van der Waals surface area contributed by atoms with Crippen molar-refractivity contribution in [3.63, 3.8) is 0 Å². The van der Waals surface area contributed by atoms with E-state index in [1.165, 1.54) is 10.4 Å². The monoisotopic (exact) mass is 509 g/mol. The number of hydrogen-bond acceptors (Lipinski definition) is 5. The summed E-state index contributed by atoms with van der Waals surface area (Å²) in [4.78, 5) is 27.2. The van der Waals surface area contributed by atoms with Crippen LogP contribution < -0.4 is 5.32 Å². The first kappa shape index (κ1) is 24.2. The smallest absolute Gasteiger partial charge is 0.254 e. The zero-order valence-corrected chi connectivity index (χ0v) is 20.9. The van der Waals surface area contributed by atoms with Gasteiger partial charge in [0.25, 0.3) is 15.9 Å². The van der Waals surface area contributed by atoms with E-state index in [2.05, 4.69) is 5.32 Å². The minimum Gasteiger partial charge on any atom is -0.339 e. The van der Waals surface area contributed by atoms with E-state index in [1.807, 2.05) is 6.92 Å². The molecular formula is C23H28ClN3O4S2. The minimum absolute atomic E-state index is 0.0981. The highest BCUT2D eigenvalue weighted by atomic mass is 35.5. The van der Waals surface area contributed by atoms with Gasteiger partial charge in [-0.25, -0.2) is 8.42 Å². The molecule has 0 aliphatic carbocycles. The van der Waals surface area contributed by atoms with Gasteiger partial charge in [0.05, 0.1) is 5.56 Å². The largest absolute Gasteiger partial charge is 0.339 e. The summed E-state index contributed by atoms with van der Waals surface area (Å²) in [6, 6.07) is 6.85. The van der Waals surface area contributed by atoms with E-state index in [9.17, 15) is 18.0 Å². The van der Waals surface area contributed by atoms with Crippen LogP contribution in [0.2, 0.25) is 5.02 Å². The van der Waals surface area contributed by atoms with Crippen molar-refractivity contribution in [2.24, 2.45) is 5.92 Å². The van der Waals surface area contributed by atoms with Crippen LogP contribution in [0.15, 0.2) is 33.9 Å². The number of likely N-dealkylation sites (tertiary alicyclic amines) is 1. The number of hydrogen-bond donors (Lipinski definition) is 1. The lowest BCUT2D eigenvalue weighted by Crippen LogP contribution is -2.41. The minimum atomic E-state index is -3.69. The Hall–Kier alpha value is -1.94. The van der Waals surface area contributed by atoms with Crippen molar-refractivity contribution in [2.45, 2.75) is 43.2 Å². The van der Waals surface area contributed by atoms with Crippen molar-refractivity contribution < 1.29 is 18.0 Å². The molecule has 2 fully saturated rings. The second-order valence-corrected chi connectivity index (χ2v) is 12.1. The summed E-state index contributed by atoms with van der Waals surface area (Å²) in [5, 5.41) is 5.14. The molecule has 33 heavy (non-hydrogen) atoms. The fourth-order valence-electron chi connectivity index (χ4n) is 4.31. The molecule has 178 valence electrons. The summed E-state index contributed by atoms with van der Waals surface area (Å²) < 4.78 is 27.9. The maximum Gasteiger partial charge on any atom is 0.254 e. The quantitative estimate of drug-likeness (QED) is 0.648. The number of halogens is 1. The predicted molar refractivity (Wildman–Crippen MR) is 130 cm³/mol. The Morgan fingerprint density at radius 3 is 2.48 bits per heavy atom. The number of rotatable bonds is 5. The highest BCUT2D eigenvalue weighted by Gasteiger charge is 2.33. The van der Waals surface area contributed by atoms with Gasteiger partial charge in [-0.1, -0.05) is 17.7 Å². The first-order valence-electron chi connectivity index (χ1n) is 11.2. The lowest BCUT2D eigenvalue weighted by molar-refractivity contribution is -0.120. The molecule has 0 bridgehead atoms. The van der Waals surface area contributed by atoms with E-state index in [1.54, 1.807) is 28.5 Å². The van der Waals surface area contributed by atoms with E-state index in [0.717, 1.165) is 49.3 Å². The SMILES string of the molecule is Cc1c(Cl)cccc1NC(=O)C1CCN(S(=O)(=O)c2cc(C(=O)N3CCCCC3)cs2)CC1. The molecule has 1 aromatic carbocycles. The number of sulfonamides is 1. The van der Waals surface area contributed by atoms with Gasteiger partial charge in [0.2, 0.25) is 5.91 Å². The molecule has 2 aliphatic heterocycles. The predicted octanol–water partition coefficient (Wildman–Crippen LogP) is 4.38. The lowest BCUT2D eigenvalue weighted by Gasteiger charge is -2.30. The number of carbonyl (C=O) groups is 2. The van der Waals surface area contributed by atoms with Crippen LogP contribution in [-0.2, 0) is 14.8 Å². The van der Waals surface area contributed by atoms with Gasteiger partial charge in [0.15, 0.2) is 0 Å². The van der Waals surface area contributed by atoms with Crippen LogP contribution in [0.4, 0.5) is 5.69 Å². The average Bonchev–Trinajstić information content (AvgIpc) is 3.33. The van der Waals surface area contributed by atoms with Crippen molar-refractivity contribution in [2.75, 3.05) is 31.5 Å². The summed E-state index contributed by atoms with van der Waals surface area (Å²) >= 11 is 7.21. The third kappa shape index (κ3) is 5.26. The summed E-state index contributed by atoms with van der Waals surface area (Å²) in [5.74, 6) is -0.489. The Labute approximate surface area is 203 Å². The van der Waals surface area contributed by atoms with E-state index < -0.39 is 10.0 Å². The third-order valence-electron chi connectivity index (χ3n) is 6.41. The molecule has 1 aromatic heterocycles. The second kappa shape index (κ2) is 10.1. The first-order chi connectivity index (χ1) is 15.8. The second-order valence-electron chi connectivity index (χ2n) is 8.59. The van der Waals surface area contributed by atoms with E-state index in [0.29, 0.717) is 29.1 Å². The molecule has 2 amide bonds. The van der Waals surface area contributed by atoms with Gasteiger partial charge >= 0.3 is 0 Å². The highest BCUT2D eigenvalue weighted by Crippen LogP contribution is 2.30. The zero-order chi connectivity index (χ0) is 23.6. The maximum absolute atomic E-state index is 13.1. The third-order valence-corrected chi connectivity index (χ3v) is 10.1. The number of amides is 2. The summed E-state index contributed by atoms with van der Waals surface area (Å²) in [6.07, 6.45) is 3.98. The molecule has 0 spiro atoms. The molecule has 1 N–H and O–H groups in total. The highest BCUT2D eigenvalue weighted by molar-refractivity contribution is 7.91. The molecule has 7 nitrogen and oxygen atoms in total. The summed E-state index contributed by atoms with van der Waals surface area (Å²) in [5.41, 5.74) is 1.92.